The molecule has 1 nitrogen and oxygen atoms in total. The molecule has 0 saturated heterocycles. The van der Waals surface area contributed by atoms with Crippen molar-refractivity contribution in [1.29, 1.82) is 0 Å². The normalized spacial score (nSPS) is 10.6. The van der Waals surface area contributed by atoms with Gasteiger partial charge < -0.3 is 5.32 Å². The number of anilines is 2. The molecule has 0 aromatic heterocycles. The maximum Gasteiger partial charge on any atom is 0.0464 e. The zero-order chi connectivity index (χ0) is 13.2. The van der Waals surface area contributed by atoms with Crippen LogP contribution in [0.15, 0.2) is 60.7 Å². The summed E-state index contributed by atoms with van der Waals surface area (Å²) in [5.41, 5.74) is 2.15. The second-order valence-electron chi connectivity index (χ2n) is 4.27. The zero-order valence-electron chi connectivity index (χ0n) is 10.0. The summed E-state index contributed by atoms with van der Waals surface area (Å²) in [4.78, 5) is 0. The van der Waals surface area contributed by atoms with Gasteiger partial charge in [-0.25, -0.2) is 0 Å². The first-order valence-electron chi connectivity index (χ1n) is 5.94. The highest BCUT2D eigenvalue weighted by Gasteiger charge is 2.04. The molecule has 3 aromatic rings. The summed E-state index contributed by atoms with van der Waals surface area (Å²) >= 11 is 8.27. The van der Waals surface area contributed by atoms with Crippen molar-refractivity contribution in [3.8, 4) is 0 Å². The number of fused-ring (bicyclic) bond motifs is 1. The van der Waals surface area contributed by atoms with Gasteiger partial charge in [-0.1, -0.05) is 35.9 Å². The van der Waals surface area contributed by atoms with Crippen molar-refractivity contribution >= 4 is 56.3 Å². The van der Waals surface area contributed by atoms with E-state index in [1.807, 2.05) is 24.3 Å². The van der Waals surface area contributed by atoms with Crippen molar-refractivity contribution in [3.63, 3.8) is 0 Å². The van der Waals surface area contributed by atoms with Crippen LogP contribution in [0.3, 0.4) is 0 Å². The fraction of sp³-hybridized carbons (Fsp3) is 0. The predicted molar refractivity (Wildman–Crippen MR) is 91.4 cm³/mol. The minimum Gasteiger partial charge on any atom is -0.355 e. The Bertz CT molecular complexity index is 722. The molecule has 0 amide bonds. The Morgan fingerprint density at radius 3 is 2.21 bits per heavy atom. The quantitative estimate of drug-likeness (QED) is 0.551. The second-order valence-corrected chi connectivity index (χ2v) is 5.87. The van der Waals surface area contributed by atoms with E-state index in [-0.39, 0.29) is 0 Å². The Labute approximate surface area is 130 Å². The first kappa shape index (κ1) is 12.8. The average Bonchev–Trinajstić information content (AvgIpc) is 2.45. The average molecular weight is 380 g/mol. The molecular weight excluding hydrogens is 369 g/mol. The van der Waals surface area contributed by atoms with Gasteiger partial charge in [0.1, 0.15) is 0 Å². The fourth-order valence-corrected chi connectivity index (χ4v) is 2.84. The molecule has 0 spiro atoms. The molecule has 94 valence electrons. The van der Waals surface area contributed by atoms with Crippen LogP contribution in [0.25, 0.3) is 10.8 Å². The highest BCUT2D eigenvalue weighted by molar-refractivity contribution is 14.1. The summed E-state index contributed by atoms with van der Waals surface area (Å²) in [5, 5.41) is 6.68. The highest BCUT2D eigenvalue weighted by atomic mass is 127. The molecule has 3 aromatic carbocycles. The van der Waals surface area contributed by atoms with Crippen molar-refractivity contribution < 1.29 is 0 Å². The number of rotatable bonds is 2. The third-order valence-electron chi connectivity index (χ3n) is 2.99. The van der Waals surface area contributed by atoms with Crippen molar-refractivity contribution in [2.75, 3.05) is 5.32 Å². The van der Waals surface area contributed by atoms with Gasteiger partial charge in [-0.05, 0) is 64.4 Å². The number of hydrogen-bond acceptors (Lipinski definition) is 1. The maximum absolute atomic E-state index is 5.90. The Hall–Kier alpha value is -1.26. The zero-order valence-corrected chi connectivity index (χ0v) is 12.9. The maximum atomic E-state index is 5.90. The molecule has 0 aliphatic heterocycles. The van der Waals surface area contributed by atoms with E-state index in [1.54, 1.807) is 0 Å². The van der Waals surface area contributed by atoms with Gasteiger partial charge in [-0.15, -0.1) is 0 Å². The van der Waals surface area contributed by atoms with Crippen LogP contribution in [0, 0.1) is 3.57 Å². The molecule has 0 aliphatic rings. The smallest absolute Gasteiger partial charge is 0.0464 e. The highest BCUT2D eigenvalue weighted by Crippen LogP contribution is 2.30. The molecule has 0 fully saturated rings. The molecule has 0 heterocycles. The number of halogens is 2. The van der Waals surface area contributed by atoms with Crippen LogP contribution in [0.5, 0.6) is 0 Å². The number of hydrogen-bond donors (Lipinski definition) is 1. The van der Waals surface area contributed by atoms with Crippen molar-refractivity contribution in [2.24, 2.45) is 0 Å². The molecule has 0 bridgehead atoms. The monoisotopic (exact) mass is 379 g/mol. The molecule has 1 N–H and O–H groups in total. The van der Waals surface area contributed by atoms with Crippen LogP contribution >= 0.6 is 34.2 Å². The van der Waals surface area contributed by atoms with Gasteiger partial charge in [0.25, 0.3) is 0 Å². The van der Waals surface area contributed by atoms with Crippen LogP contribution < -0.4 is 5.32 Å². The van der Waals surface area contributed by atoms with Gasteiger partial charge >= 0.3 is 0 Å². The van der Waals surface area contributed by atoms with Crippen molar-refractivity contribution in [3.05, 3.63) is 69.3 Å². The largest absolute Gasteiger partial charge is 0.355 e. The molecule has 0 radical (unpaired) electrons. The summed E-state index contributed by atoms with van der Waals surface area (Å²) < 4.78 is 1.26. The lowest BCUT2D eigenvalue weighted by atomic mass is 10.1. The van der Waals surface area contributed by atoms with E-state index in [0.717, 1.165) is 16.4 Å². The molecule has 0 saturated carbocycles. The molecule has 3 heteroatoms. The van der Waals surface area contributed by atoms with Gasteiger partial charge in [0.15, 0.2) is 0 Å². The third kappa shape index (κ3) is 2.69. The fourth-order valence-electron chi connectivity index (χ4n) is 2.06. The van der Waals surface area contributed by atoms with E-state index < -0.39 is 0 Å². The van der Waals surface area contributed by atoms with Gasteiger partial charge in [0.05, 0.1) is 0 Å². The minimum absolute atomic E-state index is 0.748. The standard InChI is InChI=1S/C16H11ClIN/c17-11-5-7-12(8-6-11)19-16-10-9-15(18)13-3-1-2-4-14(13)16/h1-10,19H. The summed E-state index contributed by atoms with van der Waals surface area (Å²) in [7, 11) is 0. The van der Waals surface area contributed by atoms with Crippen LogP contribution in [-0.2, 0) is 0 Å². The van der Waals surface area contributed by atoms with E-state index in [9.17, 15) is 0 Å². The van der Waals surface area contributed by atoms with Gasteiger partial charge in [-0.3, -0.25) is 0 Å². The Balaban J connectivity index is 2.06. The lowest BCUT2D eigenvalue weighted by Crippen LogP contribution is -1.92. The van der Waals surface area contributed by atoms with Crippen molar-refractivity contribution in [2.45, 2.75) is 0 Å². The number of benzene rings is 3. The van der Waals surface area contributed by atoms with E-state index in [1.165, 1.54) is 14.3 Å². The molecule has 0 atom stereocenters. The minimum atomic E-state index is 0.748. The first-order valence-corrected chi connectivity index (χ1v) is 7.39. The van der Waals surface area contributed by atoms with Gasteiger partial charge in [-0.2, -0.15) is 0 Å². The van der Waals surface area contributed by atoms with E-state index >= 15 is 0 Å². The van der Waals surface area contributed by atoms with E-state index in [0.29, 0.717) is 0 Å². The Kier molecular flexibility index (Phi) is 3.62. The van der Waals surface area contributed by atoms with E-state index in [2.05, 4.69) is 64.3 Å². The molecule has 19 heavy (non-hydrogen) atoms. The van der Waals surface area contributed by atoms with Gasteiger partial charge in [0, 0.05) is 25.4 Å². The van der Waals surface area contributed by atoms with Crippen LogP contribution in [0.2, 0.25) is 5.02 Å². The second kappa shape index (κ2) is 5.39. The van der Waals surface area contributed by atoms with E-state index in [4.69, 9.17) is 11.6 Å². The van der Waals surface area contributed by atoms with Crippen LogP contribution in [0.4, 0.5) is 11.4 Å². The Morgan fingerprint density at radius 2 is 1.47 bits per heavy atom. The number of nitrogens with one attached hydrogen (secondary N) is 1. The lowest BCUT2D eigenvalue weighted by molar-refractivity contribution is 1.57. The molecule has 0 aliphatic carbocycles. The Morgan fingerprint density at radius 1 is 0.789 bits per heavy atom. The lowest BCUT2D eigenvalue weighted by Gasteiger charge is -2.11. The summed E-state index contributed by atoms with van der Waals surface area (Å²) in [6, 6.07) is 20.4. The van der Waals surface area contributed by atoms with Crippen LogP contribution in [-0.4, -0.2) is 0 Å². The summed E-state index contributed by atoms with van der Waals surface area (Å²) in [6.45, 7) is 0. The molecular formula is C16H11ClIN. The summed E-state index contributed by atoms with van der Waals surface area (Å²) in [6.07, 6.45) is 0. The third-order valence-corrected chi connectivity index (χ3v) is 4.19. The predicted octanol–water partition coefficient (Wildman–Crippen LogP) is 5.84. The topological polar surface area (TPSA) is 12.0 Å². The first-order chi connectivity index (χ1) is 9.24. The summed E-state index contributed by atoms with van der Waals surface area (Å²) in [5.74, 6) is 0. The van der Waals surface area contributed by atoms with Crippen LogP contribution in [0.1, 0.15) is 0 Å². The molecule has 0 unspecified atom stereocenters. The van der Waals surface area contributed by atoms with Gasteiger partial charge in [0.2, 0.25) is 0 Å². The van der Waals surface area contributed by atoms with Crippen molar-refractivity contribution in [1.82, 2.24) is 0 Å². The SMILES string of the molecule is Clc1ccc(Nc2ccc(I)c3ccccc23)cc1. The molecule has 3 rings (SSSR count).